The summed E-state index contributed by atoms with van der Waals surface area (Å²) in [7, 11) is 0. The summed E-state index contributed by atoms with van der Waals surface area (Å²) < 4.78 is 4.96. The Labute approximate surface area is 127 Å². The molecule has 0 amide bonds. The molecule has 0 spiro atoms. The highest BCUT2D eigenvalue weighted by Gasteiger charge is 2.20. The molecule has 0 heterocycles. The Morgan fingerprint density at radius 1 is 1.29 bits per heavy atom. The quantitative estimate of drug-likeness (QED) is 0.689. The van der Waals surface area contributed by atoms with E-state index >= 15 is 0 Å². The van der Waals surface area contributed by atoms with Gasteiger partial charge in [-0.05, 0) is 32.4 Å². The monoisotopic (exact) mass is 288 g/mol. The van der Waals surface area contributed by atoms with Crippen molar-refractivity contribution in [3.63, 3.8) is 0 Å². The summed E-state index contributed by atoms with van der Waals surface area (Å²) in [6.45, 7) is 7.61. The van der Waals surface area contributed by atoms with Gasteiger partial charge in [0.05, 0.1) is 19.1 Å². The molecule has 0 aliphatic rings. The Morgan fingerprint density at radius 2 is 1.95 bits per heavy atom. The number of ether oxygens (including phenoxy) is 1. The molecule has 4 nitrogen and oxygen atoms in total. The molecule has 0 bridgehead atoms. The number of nitriles is 1. The van der Waals surface area contributed by atoms with E-state index in [0.717, 1.165) is 18.5 Å². The van der Waals surface area contributed by atoms with E-state index in [1.807, 2.05) is 36.1 Å². The number of nitrogens with zero attached hydrogens (tertiary/aromatic N) is 2. The Morgan fingerprint density at radius 3 is 2.48 bits per heavy atom. The number of esters is 1. The lowest BCUT2D eigenvalue weighted by Gasteiger charge is -2.26. The standard InChI is InChI=1S/C17H24N2O2/c1-4-11-19(12-10-17(20)21-5-2)16(13-18)15-8-6-14(3)7-9-15/h6-9,16H,4-5,10-12H2,1-3H3. The van der Waals surface area contributed by atoms with Gasteiger partial charge in [-0.15, -0.1) is 0 Å². The fourth-order valence-corrected chi connectivity index (χ4v) is 2.24. The summed E-state index contributed by atoms with van der Waals surface area (Å²) in [4.78, 5) is 13.6. The highest BCUT2D eigenvalue weighted by atomic mass is 16.5. The van der Waals surface area contributed by atoms with E-state index in [2.05, 4.69) is 13.0 Å². The second-order valence-electron chi connectivity index (χ2n) is 5.03. The smallest absolute Gasteiger partial charge is 0.307 e. The molecule has 1 aromatic rings. The average molecular weight is 288 g/mol. The van der Waals surface area contributed by atoms with Crippen molar-refractivity contribution in [1.82, 2.24) is 4.90 Å². The van der Waals surface area contributed by atoms with Gasteiger partial charge in [0, 0.05) is 6.54 Å². The predicted octanol–water partition coefficient (Wildman–Crippen LogP) is 3.22. The third-order valence-corrected chi connectivity index (χ3v) is 3.30. The van der Waals surface area contributed by atoms with E-state index in [0.29, 0.717) is 19.6 Å². The molecule has 114 valence electrons. The molecule has 1 atom stereocenters. The van der Waals surface area contributed by atoms with Crippen molar-refractivity contribution in [2.24, 2.45) is 0 Å². The molecule has 4 heteroatoms. The van der Waals surface area contributed by atoms with Crippen LogP contribution in [0.2, 0.25) is 0 Å². The van der Waals surface area contributed by atoms with Crippen molar-refractivity contribution >= 4 is 5.97 Å². The summed E-state index contributed by atoms with van der Waals surface area (Å²) in [5, 5.41) is 9.51. The van der Waals surface area contributed by atoms with Crippen LogP contribution < -0.4 is 0 Å². The first-order chi connectivity index (χ1) is 10.1. The summed E-state index contributed by atoms with van der Waals surface area (Å²) in [5.74, 6) is -0.209. The maximum atomic E-state index is 11.5. The van der Waals surface area contributed by atoms with Crippen LogP contribution in [0.1, 0.15) is 43.9 Å². The van der Waals surface area contributed by atoms with Crippen LogP contribution in [0, 0.1) is 18.3 Å². The first-order valence-electron chi connectivity index (χ1n) is 7.48. The Balaban J connectivity index is 2.78. The first-order valence-corrected chi connectivity index (χ1v) is 7.48. The minimum atomic E-state index is -0.319. The topological polar surface area (TPSA) is 53.3 Å². The zero-order valence-corrected chi connectivity index (χ0v) is 13.1. The average Bonchev–Trinajstić information content (AvgIpc) is 2.47. The minimum absolute atomic E-state index is 0.209. The zero-order valence-electron chi connectivity index (χ0n) is 13.1. The highest BCUT2D eigenvalue weighted by Crippen LogP contribution is 2.21. The molecular weight excluding hydrogens is 264 g/mol. The molecule has 0 N–H and O–H groups in total. The van der Waals surface area contributed by atoms with Gasteiger partial charge < -0.3 is 4.74 Å². The van der Waals surface area contributed by atoms with Gasteiger partial charge in [-0.2, -0.15) is 5.26 Å². The van der Waals surface area contributed by atoms with Crippen LogP contribution >= 0.6 is 0 Å². The van der Waals surface area contributed by atoms with Crippen LogP contribution in [-0.4, -0.2) is 30.6 Å². The SMILES string of the molecule is CCCN(CCC(=O)OCC)C(C#N)c1ccc(C)cc1. The highest BCUT2D eigenvalue weighted by molar-refractivity contribution is 5.69. The molecule has 21 heavy (non-hydrogen) atoms. The molecule has 0 saturated heterocycles. The van der Waals surface area contributed by atoms with E-state index < -0.39 is 0 Å². The molecule has 0 fully saturated rings. The lowest BCUT2D eigenvalue weighted by atomic mass is 10.0. The molecule has 0 aromatic heterocycles. The van der Waals surface area contributed by atoms with Crippen LogP contribution in [0.15, 0.2) is 24.3 Å². The van der Waals surface area contributed by atoms with Crippen LogP contribution in [0.3, 0.4) is 0 Å². The van der Waals surface area contributed by atoms with E-state index in [-0.39, 0.29) is 12.0 Å². The second kappa shape index (κ2) is 9.15. The number of aryl methyl sites for hydroxylation is 1. The fourth-order valence-electron chi connectivity index (χ4n) is 2.24. The maximum absolute atomic E-state index is 11.5. The lowest BCUT2D eigenvalue weighted by molar-refractivity contribution is -0.143. The molecule has 0 aliphatic heterocycles. The van der Waals surface area contributed by atoms with Gasteiger partial charge >= 0.3 is 5.97 Å². The van der Waals surface area contributed by atoms with Gasteiger partial charge in [0.15, 0.2) is 0 Å². The van der Waals surface area contributed by atoms with Crippen molar-refractivity contribution in [1.29, 1.82) is 5.26 Å². The minimum Gasteiger partial charge on any atom is -0.466 e. The van der Waals surface area contributed by atoms with Crippen molar-refractivity contribution in [2.45, 2.75) is 39.7 Å². The van der Waals surface area contributed by atoms with Crippen LogP contribution in [-0.2, 0) is 9.53 Å². The van der Waals surface area contributed by atoms with Crippen LogP contribution in [0.25, 0.3) is 0 Å². The number of hydrogen-bond donors (Lipinski definition) is 0. The van der Waals surface area contributed by atoms with Gasteiger partial charge in [-0.1, -0.05) is 36.8 Å². The summed E-state index contributed by atoms with van der Waals surface area (Å²) in [6.07, 6.45) is 1.25. The normalized spacial score (nSPS) is 12.0. The van der Waals surface area contributed by atoms with E-state index in [1.165, 1.54) is 5.56 Å². The second-order valence-corrected chi connectivity index (χ2v) is 5.03. The van der Waals surface area contributed by atoms with Crippen molar-refractivity contribution in [3.05, 3.63) is 35.4 Å². The zero-order chi connectivity index (χ0) is 15.7. The van der Waals surface area contributed by atoms with Crippen molar-refractivity contribution < 1.29 is 9.53 Å². The summed E-state index contributed by atoms with van der Waals surface area (Å²) >= 11 is 0. The number of benzene rings is 1. The van der Waals surface area contributed by atoms with Gasteiger partial charge in [0.25, 0.3) is 0 Å². The van der Waals surface area contributed by atoms with Crippen LogP contribution in [0.4, 0.5) is 0 Å². The van der Waals surface area contributed by atoms with Gasteiger partial charge in [-0.3, -0.25) is 9.69 Å². The van der Waals surface area contributed by atoms with Gasteiger partial charge in [-0.25, -0.2) is 0 Å². The van der Waals surface area contributed by atoms with E-state index in [4.69, 9.17) is 4.74 Å². The predicted molar refractivity (Wildman–Crippen MR) is 82.6 cm³/mol. The number of carbonyl (C=O) groups excluding carboxylic acids is 1. The van der Waals surface area contributed by atoms with Crippen LogP contribution in [0.5, 0.6) is 0 Å². The third kappa shape index (κ3) is 5.57. The molecule has 1 unspecified atom stereocenters. The van der Waals surface area contributed by atoms with Crippen molar-refractivity contribution in [3.8, 4) is 6.07 Å². The third-order valence-electron chi connectivity index (χ3n) is 3.30. The Bertz CT molecular complexity index is 477. The number of hydrogen-bond acceptors (Lipinski definition) is 4. The largest absolute Gasteiger partial charge is 0.466 e. The molecule has 1 rings (SSSR count). The van der Waals surface area contributed by atoms with E-state index in [1.54, 1.807) is 6.92 Å². The van der Waals surface area contributed by atoms with Gasteiger partial charge in [0.1, 0.15) is 6.04 Å². The summed E-state index contributed by atoms with van der Waals surface area (Å²) in [5.41, 5.74) is 2.14. The van der Waals surface area contributed by atoms with E-state index in [9.17, 15) is 10.1 Å². The van der Waals surface area contributed by atoms with Gasteiger partial charge in [0.2, 0.25) is 0 Å². The molecule has 0 radical (unpaired) electrons. The van der Waals surface area contributed by atoms with Crippen molar-refractivity contribution in [2.75, 3.05) is 19.7 Å². The Hall–Kier alpha value is -1.86. The molecular formula is C17H24N2O2. The first kappa shape index (κ1) is 17.2. The Kier molecular flexibility index (Phi) is 7.49. The number of rotatable bonds is 8. The lowest BCUT2D eigenvalue weighted by Crippen LogP contribution is -2.31. The fraction of sp³-hybridized carbons (Fsp3) is 0.529. The maximum Gasteiger partial charge on any atom is 0.307 e. The molecule has 0 aliphatic carbocycles. The summed E-state index contributed by atoms with van der Waals surface area (Å²) in [6, 6.07) is 10.0. The molecule has 0 saturated carbocycles. The number of carbonyl (C=O) groups is 1. The molecule has 1 aromatic carbocycles.